The maximum absolute atomic E-state index is 12.9. The number of carbonyl (C=O) groups is 1. The minimum atomic E-state index is -0.569. The Kier molecular flexibility index (Phi) is 6.86. The van der Waals surface area contributed by atoms with E-state index in [9.17, 15) is 4.79 Å². The molecule has 13 heteroatoms. The van der Waals surface area contributed by atoms with E-state index in [0.29, 0.717) is 27.7 Å². The largest absolute Gasteiger partial charge is 0.378 e. The van der Waals surface area contributed by atoms with Crippen LogP contribution in [-0.2, 0) is 5.75 Å². The molecular formula is C21H16ClN9O2S. The zero-order chi connectivity index (χ0) is 24.1. The summed E-state index contributed by atoms with van der Waals surface area (Å²) < 4.78 is 5.97. The second-order valence-electron chi connectivity index (χ2n) is 6.84. The molecule has 11 nitrogen and oxygen atoms in total. The van der Waals surface area contributed by atoms with Gasteiger partial charge in [0, 0.05) is 15.7 Å². The number of carbonyl (C=O) groups excluding carboxylic acids is 1. The first-order valence-corrected chi connectivity index (χ1v) is 11.1. The van der Waals surface area contributed by atoms with Crippen LogP contribution in [0.1, 0.15) is 34.2 Å². The molecule has 170 valence electrons. The molecule has 0 saturated heterocycles. The van der Waals surface area contributed by atoms with Crippen molar-refractivity contribution in [3.05, 3.63) is 76.1 Å². The summed E-state index contributed by atoms with van der Waals surface area (Å²) >= 11 is 7.39. The first-order chi connectivity index (χ1) is 16.5. The summed E-state index contributed by atoms with van der Waals surface area (Å²) in [5.74, 6) is -0.136. The van der Waals surface area contributed by atoms with E-state index in [1.54, 1.807) is 43.3 Å². The quantitative estimate of drug-likeness (QED) is 0.223. The highest BCUT2D eigenvalue weighted by atomic mass is 35.5. The number of hydrogen-bond acceptors (Lipinski definition) is 10. The van der Waals surface area contributed by atoms with Crippen LogP contribution in [0.15, 0.2) is 63.2 Å². The van der Waals surface area contributed by atoms with Gasteiger partial charge in [-0.2, -0.15) is 15.0 Å². The Hall–Kier alpha value is -4.21. The highest BCUT2D eigenvalue weighted by Gasteiger charge is 2.24. The predicted octanol–water partition coefficient (Wildman–Crippen LogP) is 3.20. The normalized spacial score (nSPS) is 11.3. The summed E-state index contributed by atoms with van der Waals surface area (Å²) in [6, 6.07) is 16.1. The SMILES string of the molecule is CC(=NNC(=O)c1nnn(-c2nonc2N)c1CSc1ccc(Cl)cc1)c1ccc(C#N)cc1. The van der Waals surface area contributed by atoms with Crippen LogP contribution >= 0.6 is 23.4 Å². The Morgan fingerprint density at radius 1 is 1.24 bits per heavy atom. The lowest BCUT2D eigenvalue weighted by molar-refractivity contribution is 0.0949. The molecule has 3 N–H and O–H groups in total. The van der Waals surface area contributed by atoms with E-state index in [2.05, 4.69) is 41.9 Å². The third-order valence-electron chi connectivity index (χ3n) is 4.62. The van der Waals surface area contributed by atoms with Crippen LogP contribution in [0.2, 0.25) is 5.02 Å². The minimum Gasteiger partial charge on any atom is -0.378 e. The Morgan fingerprint density at radius 3 is 2.62 bits per heavy atom. The molecule has 0 aliphatic rings. The second-order valence-corrected chi connectivity index (χ2v) is 8.32. The molecule has 0 aliphatic carbocycles. The van der Waals surface area contributed by atoms with Gasteiger partial charge < -0.3 is 5.73 Å². The molecule has 0 saturated carbocycles. The number of nitrogens with zero attached hydrogens (tertiary/aromatic N) is 7. The Bertz CT molecular complexity index is 1390. The Morgan fingerprint density at radius 2 is 1.97 bits per heavy atom. The van der Waals surface area contributed by atoms with Gasteiger partial charge in [-0.25, -0.2) is 10.1 Å². The van der Waals surface area contributed by atoms with Crippen LogP contribution in [0.5, 0.6) is 0 Å². The average molecular weight is 494 g/mol. The lowest BCUT2D eigenvalue weighted by Crippen LogP contribution is -2.21. The molecule has 1 amide bonds. The number of rotatable bonds is 7. The Balaban J connectivity index is 1.59. The molecular weight excluding hydrogens is 478 g/mol. The van der Waals surface area contributed by atoms with Crippen LogP contribution in [0, 0.1) is 11.3 Å². The van der Waals surface area contributed by atoms with Crippen molar-refractivity contribution in [2.24, 2.45) is 5.10 Å². The van der Waals surface area contributed by atoms with Crippen LogP contribution in [0.25, 0.3) is 5.82 Å². The number of hydrazone groups is 1. The van der Waals surface area contributed by atoms with Gasteiger partial charge in [-0.05, 0) is 59.2 Å². The number of benzene rings is 2. The van der Waals surface area contributed by atoms with Crippen molar-refractivity contribution in [3.63, 3.8) is 0 Å². The number of anilines is 1. The highest BCUT2D eigenvalue weighted by molar-refractivity contribution is 7.98. The lowest BCUT2D eigenvalue weighted by Gasteiger charge is -2.06. The molecule has 0 aliphatic heterocycles. The number of halogens is 1. The van der Waals surface area contributed by atoms with E-state index >= 15 is 0 Å². The van der Waals surface area contributed by atoms with E-state index in [1.165, 1.54) is 16.4 Å². The molecule has 0 fully saturated rings. The maximum Gasteiger partial charge on any atom is 0.293 e. The monoisotopic (exact) mass is 493 g/mol. The van der Waals surface area contributed by atoms with Gasteiger partial charge in [-0.3, -0.25) is 4.79 Å². The topological polar surface area (TPSA) is 161 Å². The van der Waals surface area contributed by atoms with Crippen molar-refractivity contribution in [1.29, 1.82) is 5.26 Å². The molecule has 4 aromatic rings. The number of nitrogens with two attached hydrogens (primary N) is 1. The third-order valence-corrected chi connectivity index (χ3v) is 5.90. The van der Waals surface area contributed by atoms with Crippen LogP contribution in [0.4, 0.5) is 5.82 Å². The number of aromatic nitrogens is 5. The lowest BCUT2D eigenvalue weighted by atomic mass is 10.1. The number of thioether (sulfide) groups is 1. The summed E-state index contributed by atoms with van der Waals surface area (Å²) in [5, 5.41) is 29.0. The second kappa shape index (κ2) is 10.2. The smallest absolute Gasteiger partial charge is 0.293 e. The molecule has 34 heavy (non-hydrogen) atoms. The van der Waals surface area contributed by atoms with E-state index < -0.39 is 5.91 Å². The highest BCUT2D eigenvalue weighted by Crippen LogP contribution is 2.27. The van der Waals surface area contributed by atoms with Gasteiger partial charge in [-0.15, -0.1) is 16.9 Å². The fraction of sp³-hybridized carbons (Fsp3) is 0.0952. The van der Waals surface area contributed by atoms with Crippen molar-refractivity contribution in [3.8, 4) is 11.9 Å². The fourth-order valence-corrected chi connectivity index (χ4v) is 3.85. The van der Waals surface area contributed by atoms with Gasteiger partial charge in [0.15, 0.2) is 5.69 Å². The molecule has 0 spiro atoms. The number of nitriles is 1. The van der Waals surface area contributed by atoms with Gasteiger partial charge in [0.2, 0.25) is 11.6 Å². The Labute approximate surface area is 202 Å². The molecule has 2 aromatic carbocycles. The minimum absolute atomic E-state index is 0.00397. The van der Waals surface area contributed by atoms with Crippen LogP contribution < -0.4 is 11.2 Å². The number of nitrogen functional groups attached to an aromatic ring is 1. The van der Waals surface area contributed by atoms with E-state index in [-0.39, 0.29) is 17.3 Å². The van der Waals surface area contributed by atoms with Crippen molar-refractivity contribution in [1.82, 2.24) is 30.7 Å². The molecule has 0 atom stereocenters. The maximum atomic E-state index is 12.9. The molecule has 0 radical (unpaired) electrons. The van der Waals surface area contributed by atoms with Crippen molar-refractivity contribution in [2.45, 2.75) is 17.6 Å². The van der Waals surface area contributed by atoms with Gasteiger partial charge in [0.1, 0.15) is 0 Å². The van der Waals surface area contributed by atoms with Crippen LogP contribution in [-0.4, -0.2) is 36.9 Å². The van der Waals surface area contributed by atoms with Crippen molar-refractivity contribution >= 4 is 40.8 Å². The average Bonchev–Trinajstić information content (AvgIpc) is 3.47. The zero-order valence-electron chi connectivity index (χ0n) is 17.6. The summed E-state index contributed by atoms with van der Waals surface area (Å²) in [6.45, 7) is 1.73. The van der Waals surface area contributed by atoms with E-state index in [0.717, 1.165) is 10.5 Å². The number of nitrogens with one attached hydrogen (secondary N) is 1. The molecule has 2 aromatic heterocycles. The van der Waals surface area contributed by atoms with Crippen LogP contribution in [0.3, 0.4) is 0 Å². The molecule has 4 rings (SSSR count). The standard InChI is InChI=1S/C21H16ClN9O2S/c1-12(14-4-2-13(10-23)3-5-14)25-27-21(32)18-17(11-34-16-8-6-15(22)7-9-16)31(30-26-18)20-19(24)28-33-29-20/h2-9H,11H2,1H3,(H2,24,28)(H,27,32). The van der Waals surface area contributed by atoms with Crippen molar-refractivity contribution < 1.29 is 9.42 Å². The van der Waals surface area contributed by atoms with Gasteiger partial charge in [0.05, 0.1) is 23.0 Å². The first kappa shape index (κ1) is 23.0. The fourth-order valence-electron chi connectivity index (χ4n) is 2.84. The van der Waals surface area contributed by atoms with E-state index in [4.69, 9.17) is 22.6 Å². The van der Waals surface area contributed by atoms with E-state index in [1.807, 2.05) is 12.1 Å². The molecule has 0 bridgehead atoms. The van der Waals surface area contributed by atoms with Gasteiger partial charge in [-0.1, -0.05) is 28.9 Å². The summed E-state index contributed by atoms with van der Waals surface area (Å²) in [7, 11) is 0. The molecule has 0 unspecified atom stereocenters. The number of amides is 1. The third kappa shape index (κ3) is 5.06. The summed E-state index contributed by atoms with van der Waals surface area (Å²) in [6.07, 6.45) is 0. The number of hydrogen-bond donors (Lipinski definition) is 2. The van der Waals surface area contributed by atoms with Crippen molar-refractivity contribution in [2.75, 3.05) is 5.73 Å². The predicted molar refractivity (Wildman–Crippen MR) is 125 cm³/mol. The zero-order valence-corrected chi connectivity index (χ0v) is 19.2. The molecule has 2 heterocycles. The van der Waals surface area contributed by atoms with Gasteiger partial charge in [0.25, 0.3) is 5.91 Å². The summed E-state index contributed by atoms with van der Waals surface area (Å²) in [4.78, 5) is 13.9. The first-order valence-electron chi connectivity index (χ1n) is 9.72. The summed E-state index contributed by atoms with van der Waals surface area (Å²) in [5.41, 5.74) is 10.6. The van der Waals surface area contributed by atoms with Gasteiger partial charge >= 0.3 is 0 Å².